The Morgan fingerprint density at radius 2 is 1.57 bits per heavy atom. The second-order valence-electron chi connectivity index (χ2n) is 6.35. The van der Waals surface area contributed by atoms with E-state index >= 15 is 0 Å². The summed E-state index contributed by atoms with van der Waals surface area (Å²) in [4.78, 5) is 0.252. The first-order valence-electron chi connectivity index (χ1n) is 8.51. The van der Waals surface area contributed by atoms with E-state index in [2.05, 4.69) is 26.0 Å². The molecule has 5 nitrogen and oxygen atoms in total. The van der Waals surface area contributed by atoms with Crippen LogP contribution in [0.15, 0.2) is 57.9 Å². The summed E-state index contributed by atoms with van der Waals surface area (Å²) >= 11 is 3.29. The van der Waals surface area contributed by atoms with Crippen molar-refractivity contribution in [2.24, 2.45) is 0 Å². The van der Waals surface area contributed by atoms with E-state index in [9.17, 15) is 21.6 Å². The SMILES string of the molecule is O=S(=O)(c1ccc(Br)cc1)N1CCC(Nc2ccc(OC(F)(F)F)cc2)CC1. The van der Waals surface area contributed by atoms with Gasteiger partial charge in [-0.05, 0) is 61.4 Å². The van der Waals surface area contributed by atoms with Gasteiger partial charge in [-0.25, -0.2) is 8.42 Å². The topological polar surface area (TPSA) is 58.6 Å². The molecule has 3 rings (SSSR count). The molecule has 2 aromatic rings. The van der Waals surface area contributed by atoms with Gasteiger partial charge in [-0.1, -0.05) is 15.9 Å². The fourth-order valence-electron chi connectivity index (χ4n) is 2.98. The van der Waals surface area contributed by atoms with Crippen molar-refractivity contribution < 1.29 is 26.3 Å². The number of nitrogens with zero attached hydrogens (tertiary/aromatic N) is 1. The number of benzene rings is 2. The predicted molar refractivity (Wildman–Crippen MR) is 103 cm³/mol. The molecule has 0 atom stereocenters. The summed E-state index contributed by atoms with van der Waals surface area (Å²) in [6.45, 7) is 0.733. The third kappa shape index (κ3) is 5.39. The lowest BCUT2D eigenvalue weighted by Crippen LogP contribution is -2.42. The summed E-state index contributed by atoms with van der Waals surface area (Å²) in [5.74, 6) is -0.284. The summed E-state index contributed by atoms with van der Waals surface area (Å²) in [5.41, 5.74) is 0.656. The minimum atomic E-state index is -4.72. The highest BCUT2D eigenvalue weighted by atomic mass is 79.9. The van der Waals surface area contributed by atoms with E-state index in [1.165, 1.54) is 28.6 Å². The van der Waals surface area contributed by atoms with Gasteiger partial charge >= 0.3 is 6.36 Å². The van der Waals surface area contributed by atoms with Crippen LogP contribution in [-0.2, 0) is 10.0 Å². The maximum atomic E-state index is 12.7. The molecule has 152 valence electrons. The zero-order chi connectivity index (χ0) is 20.4. The second kappa shape index (κ2) is 8.30. The summed E-state index contributed by atoms with van der Waals surface area (Å²) in [5, 5.41) is 3.23. The normalized spacial score (nSPS) is 16.7. The smallest absolute Gasteiger partial charge is 0.406 e. The quantitative estimate of drug-likeness (QED) is 0.681. The van der Waals surface area contributed by atoms with Crippen LogP contribution in [0.5, 0.6) is 5.75 Å². The molecule has 0 radical (unpaired) electrons. The van der Waals surface area contributed by atoms with E-state index in [4.69, 9.17) is 0 Å². The van der Waals surface area contributed by atoms with Crippen LogP contribution in [-0.4, -0.2) is 38.2 Å². The Morgan fingerprint density at radius 1 is 1.00 bits per heavy atom. The Balaban J connectivity index is 1.56. The highest BCUT2D eigenvalue weighted by Gasteiger charge is 2.31. The van der Waals surface area contributed by atoms with E-state index in [0.29, 0.717) is 31.6 Å². The third-order valence-corrected chi connectivity index (χ3v) is 6.81. The number of hydrogen-bond acceptors (Lipinski definition) is 4. The van der Waals surface area contributed by atoms with Crippen molar-refractivity contribution in [2.45, 2.75) is 30.1 Å². The van der Waals surface area contributed by atoms with Crippen LogP contribution in [0.2, 0.25) is 0 Å². The summed E-state index contributed by atoms with van der Waals surface area (Å²) < 4.78 is 68.1. The van der Waals surface area contributed by atoms with E-state index in [-0.39, 0.29) is 16.7 Å². The van der Waals surface area contributed by atoms with Gasteiger partial charge in [0.25, 0.3) is 0 Å². The standard InChI is InChI=1S/C18H18BrF3N2O3S/c19-13-1-7-17(8-2-13)28(25,26)24-11-9-15(10-12-24)23-14-3-5-16(6-4-14)27-18(20,21)22/h1-8,15,23H,9-12H2. The van der Waals surface area contributed by atoms with Crippen molar-refractivity contribution in [3.05, 3.63) is 53.0 Å². The second-order valence-corrected chi connectivity index (χ2v) is 9.20. The molecular weight excluding hydrogens is 461 g/mol. The number of piperidine rings is 1. The summed E-state index contributed by atoms with van der Waals surface area (Å²) in [6, 6.07) is 12.0. The van der Waals surface area contributed by atoms with Gasteiger partial charge in [0.2, 0.25) is 10.0 Å². The molecule has 1 saturated heterocycles. The van der Waals surface area contributed by atoms with Crippen molar-refractivity contribution in [3.63, 3.8) is 0 Å². The lowest BCUT2D eigenvalue weighted by Gasteiger charge is -2.32. The van der Waals surface area contributed by atoms with E-state index in [0.717, 1.165) is 4.47 Å². The Labute approximate surface area is 169 Å². The number of alkyl halides is 3. The highest BCUT2D eigenvalue weighted by molar-refractivity contribution is 9.10. The Hall–Kier alpha value is -1.78. The molecular formula is C18H18BrF3N2O3S. The van der Waals surface area contributed by atoms with Crippen molar-refractivity contribution in [1.82, 2.24) is 4.31 Å². The Bertz CT molecular complexity index is 895. The van der Waals surface area contributed by atoms with E-state index in [1.807, 2.05) is 0 Å². The molecule has 0 saturated carbocycles. The highest BCUT2D eigenvalue weighted by Crippen LogP contribution is 2.26. The maximum Gasteiger partial charge on any atom is 0.573 e. The maximum absolute atomic E-state index is 12.7. The van der Waals surface area contributed by atoms with Gasteiger partial charge < -0.3 is 10.1 Å². The van der Waals surface area contributed by atoms with Gasteiger partial charge in [0.05, 0.1) is 4.90 Å². The fraction of sp³-hybridized carbons (Fsp3) is 0.333. The number of rotatable bonds is 5. The Morgan fingerprint density at radius 3 is 2.11 bits per heavy atom. The van der Waals surface area contributed by atoms with Crippen molar-refractivity contribution in [3.8, 4) is 5.75 Å². The molecule has 0 unspecified atom stereocenters. The van der Waals surface area contributed by atoms with E-state index in [1.54, 1.807) is 24.3 Å². The molecule has 1 N–H and O–H groups in total. The van der Waals surface area contributed by atoms with Gasteiger partial charge in [0.1, 0.15) is 5.75 Å². The first-order chi connectivity index (χ1) is 13.1. The molecule has 0 aromatic heterocycles. The largest absolute Gasteiger partial charge is 0.573 e. The number of hydrogen-bond donors (Lipinski definition) is 1. The summed E-state index contributed by atoms with van der Waals surface area (Å²) in [6.07, 6.45) is -3.53. The molecule has 28 heavy (non-hydrogen) atoms. The molecule has 0 amide bonds. The van der Waals surface area contributed by atoms with E-state index < -0.39 is 16.4 Å². The van der Waals surface area contributed by atoms with Crippen LogP contribution in [0.25, 0.3) is 0 Å². The molecule has 1 heterocycles. The zero-order valence-electron chi connectivity index (χ0n) is 14.6. The number of halogens is 4. The number of sulfonamides is 1. The van der Waals surface area contributed by atoms with Gasteiger partial charge in [-0.2, -0.15) is 4.31 Å². The average Bonchev–Trinajstić information content (AvgIpc) is 2.63. The first kappa shape index (κ1) is 20.9. The number of nitrogens with one attached hydrogen (secondary N) is 1. The molecule has 0 aliphatic carbocycles. The van der Waals surface area contributed by atoms with Gasteiger partial charge in [0.15, 0.2) is 0 Å². The monoisotopic (exact) mass is 478 g/mol. The molecule has 10 heteroatoms. The van der Waals surface area contributed by atoms with Crippen LogP contribution in [0.3, 0.4) is 0 Å². The van der Waals surface area contributed by atoms with Gasteiger partial charge in [-0.15, -0.1) is 13.2 Å². The predicted octanol–water partition coefficient (Wildman–Crippen LogP) is 4.61. The van der Waals surface area contributed by atoms with Crippen LogP contribution < -0.4 is 10.1 Å². The summed E-state index contributed by atoms with van der Waals surface area (Å²) in [7, 11) is -3.54. The molecule has 0 spiro atoms. The number of ether oxygens (including phenoxy) is 1. The van der Waals surface area contributed by atoms with Crippen molar-refractivity contribution in [2.75, 3.05) is 18.4 Å². The van der Waals surface area contributed by atoms with Gasteiger partial charge in [-0.3, -0.25) is 0 Å². The van der Waals surface area contributed by atoms with Crippen LogP contribution >= 0.6 is 15.9 Å². The average molecular weight is 479 g/mol. The van der Waals surface area contributed by atoms with Crippen molar-refractivity contribution in [1.29, 1.82) is 0 Å². The number of anilines is 1. The Kier molecular flexibility index (Phi) is 6.21. The van der Waals surface area contributed by atoms with Crippen LogP contribution in [0.1, 0.15) is 12.8 Å². The lowest BCUT2D eigenvalue weighted by molar-refractivity contribution is -0.274. The van der Waals surface area contributed by atoms with Crippen LogP contribution in [0.4, 0.5) is 18.9 Å². The molecule has 1 aliphatic rings. The van der Waals surface area contributed by atoms with Gasteiger partial charge in [0, 0.05) is 29.3 Å². The molecule has 1 fully saturated rings. The molecule has 1 aliphatic heterocycles. The lowest BCUT2D eigenvalue weighted by atomic mass is 10.1. The van der Waals surface area contributed by atoms with Crippen LogP contribution in [0, 0.1) is 0 Å². The molecule has 0 bridgehead atoms. The van der Waals surface area contributed by atoms with Crippen molar-refractivity contribution >= 4 is 31.6 Å². The zero-order valence-corrected chi connectivity index (χ0v) is 17.0. The molecule has 2 aromatic carbocycles. The third-order valence-electron chi connectivity index (χ3n) is 4.36. The fourth-order valence-corrected chi connectivity index (χ4v) is 4.72. The minimum absolute atomic E-state index is 0.0331. The first-order valence-corrected chi connectivity index (χ1v) is 10.7. The minimum Gasteiger partial charge on any atom is -0.406 e.